The Morgan fingerprint density at radius 2 is 2.31 bits per heavy atom. The molecule has 1 amide bonds. The quantitative estimate of drug-likeness (QED) is 0.774. The average Bonchev–Trinajstić information content (AvgIpc) is 2.26. The maximum absolute atomic E-state index is 11.7. The molecule has 94 valence electrons. The standard InChI is InChI=1S/C12H23NO2S/c1-9(8-16-2)12(15)13-7-10-4-3-5-11(14)6-10/h9-11,14H,3-8H2,1-2H3,(H,13,15). The maximum Gasteiger partial charge on any atom is 0.223 e. The van der Waals surface area contributed by atoms with Crippen molar-refractivity contribution >= 4 is 17.7 Å². The number of hydrogen-bond acceptors (Lipinski definition) is 3. The summed E-state index contributed by atoms with van der Waals surface area (Å²) in [5, 5.41) is 12.5. The van der Waals surface area contributed by atoms with Crippen molar-refractivity contribution in [3.8, 4) is 0 Å². The van der Waals surface area contributed by atoms with Crippen LogP contribution in [0.15, 0.2) is 0 Å². The Labute approximate surface area is 102 Å². The molecular formula is C12H23NO2S. The van der Waals surface area contributed by atoms with Gasteiger partial charge in [-0.2, -0.15) is 11.8 Å². The van der Waals surface area contributed by atoms with Crippen LogP contribution in [-0.4, -0.2) is 35.7 Å². The molecule has 1 fully saturated rings. The van der Waals surface area contributed by atoms with Crippen LogP contribution in [0.25, 0.3) is 0 Å². The lowest BCUT2D eigenvalue weighted by Gasteiger charge is -2.26. The van der Waals surface area contributed by atoms with Gasteiger partial charge in [-0.25, -0.2) is 0 Å². The Morgan fingerprint density at radius 3 is 2.94 bits per heavy atom. The minimum atomic E-state index is -0.153. The fourth-order valence-corrected chi connectivity index (χ4v) is 2.84. The van der Waals surface area contributed by atoms with Gasteiger partial charge in [0.2, 0.25) is 5.91 Å². The van der Waals surface area contributed by atoms with Crippen molar-refractivity contribution in [3.63, 3.8) is 0 Å². The van der Waals surface area contributed by atoms with Crippen molar-refractivity contribution in [2.75, 3.05) is 18.6 Å². The summed E-state index contributed by atoms with van der Waals surface area (Å²) in [4.78, 5) is 11.7. The monoisotopic (exact) mass is 245 g/mol. The summed E-state index contributed by atoms with van der Waals surface area (Å²) in [6, 6.07) is 0. The highest BCUT2D eigenvalue weighted by Gasteiger charge is 2.21. The normalized spacial score (nSPS) is 27.4. The minimum absolute atomic E-state index is 0.0866. The Morgan fingerprint density at radius 1 is 1.56 bits per heavy atom. The number of hydrogen-bond donors (Lipinski definition) is 2. The van der Waals surface area contributed by atoms with Crippen molar-refractivity contribution in [1.29, 1.82) is 0 Å². The molecular weight excluding hydrogens is 222 g/mol. The van der Waals surface area contributed by atoms with Crippen molar-refractivity contribution in [1.82, 2.24) is 5.32 Å². The number of thioether (sulfide) groups is 1. The molecule has 1 aliphatic carbocycles. The maximum atomic E-state index is 11.7. The van der Waals surface area contributed by atoms with Gasteiger partial charge in [-0.15, -0.1) is 0 Å². The zero-order chi connectivity index (χ0) is 12.0. The van der Waals surface area contributed by atoms with Crippen LogP contribution in [-0.2, 0) is 4.79 Å². The van der Waals surface area contributed by atoms with Crippen LogP contribution in [0.5, 0.6) is 0 Å². The summed E-state index contributed by atoms with van der Waals surface area (Å²) in [5.41, 5.74) is 0. The first-order valence-electron chi connectivity index (χ1n) is 6.08. The molecule has 0 aromatic rings. The van der Waals surface area contributed by atoms with Gasteiger partial charge in [0, 0.05) is 18.2 Å². The van der Waals surface area contributed by atoms with E-state index in [4.69, 9.17) is 0 Å². The third-order valence-corrected chi connectivity index (χ3v) is 4.02. The molecule has 1 saturated carbocycles. The largest absolute Gasteiger partial charge is 0.393 e. The van der Waals surface area contributed by atoms with Gasteiger partial charge in [-0.05, 0) is 31.4 Å². The van der Waals surface area contributed by atoms with Gasteiger partial charge in [0.15, 0.2) is 0 Å². The lowest BCUT2D eigenvalue weighted by atomic mass is 9.87. The highest BCUT2D eigenvalue weighted by Crippen LogP contribution is 2.23. The van der Waals surface area contributed by atoms with Crippen molar-refractivity contribution < 1.29 is 9.90 Å². The molecule has 16 heavy (non-hydrogen) atoms. The second kappa shape index (κ2) is 7.17. The molecule has 3 atom stereocenters. The Hall–Kier alpha value is -0.220. The van der Waals surface area contributed by atoms with E-state index in [0.29, 0.717) is 5.92 Å². The van der Waals surface area contributed by atoms with E-state index in [0.717, 1.165) is 38.0 Å². The molecule has 0 saturated heterocycles. The lowest BCUT2D eigenvalue weighted by molar-refractivity contribution is -0.124. The van der Waals surface area contributed by atoms with Gasteiger partial charge in [-0.3, -0.25) is 4.79 Å². The Kier molecular flexibility index (Phi) is 6.21. The first-order chi connectivity index (χ1) is 7.63. The van der Waals surface area contributed by atoms with Crippen molar-refractivity contribution in [2.45, 2.75) is 38.7 Å². The fraction of sp³-hybridized carbons (Fsp3) is 0.917. The molecule has 0 aromatic heterocycles. The van der Waals surface area contributed by atoms with Crippen LogP contribution in [0, 0.1) is 11.8 Å². The lowest BCUT2D eigenvalue weighted by Crippen LogP contribution is -2.36. The second-order valence-electron chi connectivity index (χ2n) is 4.79. The van der Waals surface area contributed by atoms with Gasteiger partial charge in [-0.1, -0.05) is 13.3 Å². The molecule has 1 aliphatic rings. The number of rotatable bonds is 5. The number of carbonyl (C=O) groups excluding carboxylic acids is 1. The highest BCUT2D eigenvalue weighted by atomic mass is 32.2. The van der Waals surface area contributed by atoms with E-state index in [1.807, 2.05) is 13.2 Å². The Bertz CT molecular complexity index is 223. The molecule has 0 heterocycles. The summed E-state index contributed by atoms with van der Waals surface area (Å²) in [7, 11) is 0. The van der Waals surface area contributed by atoms with Crippen LogP contribution in [0.2, 0.25) is 0 Å². The van der Waals surface area contributed by atoms with Gasteiger partial charge in [0.05, 0.1) is 6.10 Å². The van der Waals surface area contributed by atoms with E-state index >= 15 is 0 Å². The number of carbonyl (C=O) groups is 1. The van der Waals surface area contributed by atoms with Crippen LogP contribution in [0.4, 0.5) is 0 Å². The molecule has 0 aliphatic heterocycles. The highest BCUT2D eigenvalue weighted by molar-refractivity contribution is 7.98. The zero-order valence-corrected chi connectivity index (χ0v) is 11.1. The fourth-order valence-electron chi connectivity index (χ4n) is 2.19. The summed E-state index contributed by atoms with van der Waals surface area (Å²) < 4.78 is 0. The SMILES string of the molecule is CSCC(C)C(=O)NCC1CCCC(O)C1. The first kappa shape index (κ1) is 13.8. The first-order valence-corrected chi connectivity index (χ1v) is 7.47. The van der Waals surface area contributed by atoms with E-state index < -0.39 is 0 Å². The molecule has 3 unspecified atom stereocenters. The topological polar surface area (TPSA) is 49.3 Å². The van der Waals surface area contributed by atoms with E-state index in [2.05, 4.69) is 5.32 Å². The van der Waals surface area contributed by atoms with Gasteiger partial charge in [0.1, 0.15) is 0 Å². The number of nitrogens with one attached hydrogen (secondary N) is 1. The minimum Gasteiger partial charge on any atom is -0.393 e. The van der Waals surface area contributed by atoms with E-state index in [-0.39, 0.29) is 17.9 Å². The van der Waals surface area contributed by atoms with Crippen LogP contribution < -0.4 is 5.32 Å². The Balaban J connectivity index is 2.20. The van der Waals surface area contributed by atoms with Gasteiger partial charge < -0.3 is 10.4 Å². The van der Waals surface area contributed by atoms with Gasteiger partial charge >= 0.3 is 0 Å². The molecule has 0 spiro atoms. The van der Waals surface area contributed by atoms with E-state index in [1.54, 1.807) is 11.8 Å². The van der Waals surface area contributed by atoms with Crippen LogP contribution in [0.3, 0.4) is 0 Å². The predicted molar refractivity (Wildman–Crippen MR) is 68.5 cm³/mol. The molecule has 2 N–H and O–H groups in total. The number of amides is 1. The van der Waals surface area contributed by atoms with Crippen molar-refractivity contribution in [3.05, 3.63) is 0 Å². The van der Waals surface area contributed by atoms with Crippen LogP contribution in [0.1, 0.15) is 32.6 Å². The third kappa shape index (κ3) is 4.74. The van der Waals surface area contributed by atoms with E-state index in [9.17, 15) is 9.90 Å². The molecule has 0 bridgehead atoms. The predicted octanol–water partition coefficient (Wildman–Crippen LogP) is 1.65. The molecule has 0 radical (unpaired) electrons. The van der Waals surface area contributed by atoms with Crippen molar-refractivity contribution in [2.24, 2.45) is 11.8 Å². The van der Waals surface area contributed by atoms with Crippen LogP contribution >= 0.6 is 11.8 Å². The third-order valence-electron chi connectivity index (χ3n) is 3.18. The number of aliphatic hydroxyl groups is 1. The molecule has 0 aromatic carbocycles. The summed E-state index contributed by atoms with van der Waals surface area (Å²) >= 11 is 1.70. The summed E-state index contributed by atoms with van der Waals surface area (Å²) in [6.07, 6.45) is 5.85. The smallest absolute Gasteiger partial charge is 0.223 e. The molecule has 4 heteroatoms. The zero-order valence-electron chi connectivity index (χ0n) is 10.2. The molecule has 1 rings (SSSR count). The summed E-state index contributed by atoms with van der Waals surface area (Å²) in [6.45, 7) is 2.69. The summed E-state index contributed by atoms with van der Waals surface area (Å²) in [5.74, 6) is 1.58. The average molecular weight is 245 g/mol. The molecule has 3 nitrogen and oxygen atoms in total. The van der Waals surface area contributed by atoms with E-state index in [1.165, 1.54) is 0 Å². The second-order valence-corrected chi connectivity index (χ2v) is 5.70. The van der Waals surface area contributed by atoms with Gasteiger partial charge in [0.25, 0.3) is 0 Å². The number of aliphatic hydroxyl groups excluding tert-OH is 1.